The van der Waals surface area contributed by atoms with Gasteiger partial charge in [-0.3, -0.25) is 0 Å². The maximum Gasteiger partial charge on any atom is 0.315 e. The van der Waals surface area contributed by atoms with Gasteiger partial charge >= 0.3 is 6.03 Å². The van der Waals surface area contributed by atoms with Gasteiger partial charge in [0.1, 0.15) is 5.82 Å². The highest BCUT2D eigenvalue weighted by Gasteiger charge is 2.04. The van der Waals surface area contributed by atoms with E-state index in [1.165, 1.54) is 6.20 Å². The summed E-state index contributed by atoms with van der Waals surface area (Å²) < 4.78 is 1.77. The maximum atomic E-state index is 11.9. The third kappa shape index (κ3) is 5.60. The molecule has 140 valence electrons. The van der Waals surface area contributed by atoms with Gasteiger partial charge in [-0.15, -0.1) is 0 Å². The van der Waals surface area contributed by atoms with Gasteiger partial charge < -0.3 is 16.0 Å². The molecule has 0 fully saturated rings. The van der Waals surface area contributed by atoms with Crippen LogP contribution in [0, 0.1) is 0 Å². The molecule has 0 saturated heterocycles. The number of nitrogens with zero attached hydrogens (tertiary/aromatic N) is 3. The Labute approximate surface area is 166 Å². The monoisotopic (exact) mass is 404 g/mol. The fourth-order valence-electron chi connectivity index (χ4n) is 2.38. The molecule has 27 heavy (non-hydrogen) atoms. The van der Waals surface area contributed by atoms with Crippen LogP contribution >= 0.6 is 23.2 Å². The molecule has 0 radical (unpaired) electrons. The van der Waals surface area contributed by atoms with Gasteiger partial charge in [0.05, 0.1) is 15.7 Å². The van der Waals surface area contributed by atoms with Crippen LogP contribution in [0.25, 0.3) is 5.69 Å². The summed E-state index contributed by atoms with van der Waals surface area (Å²) in [5.41, 5.74) is 1.92. The number of rotatable bonds is 7. The van der Waals surface area contributed by atoms with Gasteiger partial charge in [0.25, 0.3) is 0 Å². The molecule has 3 rings (SSSR count). The van der Waals surface area contributed by atoms with E-state index in [1.54, 1.807) is 16.9 Å². The number of halogens is 2. The highest BCUT2D eigenvalue weighted by atomic mass is 35.5. The minimum Gasteiger partial charge on any atom is -0.367 e. The van der Waals surface area contributed by atoms with Crippen LogP contribution in [-0.4, -0.2) is 33.9 Å². The number of aromatic nitrogens is 3. The van der Waals surface area contributed by atoms with Crippen LogP contribution in [0.15, 0.2) is 55.0 Å². The van der Waals surface area contributed by atoms with Gasteiger partial charge in [0.2, 0.25) is 0 Å². The molecule has 0 bridgehead atoms. The topological polar surface area (TPSA) is 83.9 Å². The quantitative estimate of drug-likeness (QED) is 0.526. The number of pyridine rings is 1. The van der Waals surface area contributed by atoms with Crippen LogP contribution in [0.1, 0.15) is 5.56 Å². The van der Waals surface area contributed by atoms with Crippen molar-refractivity contribution in [2.45, 2.75) is 6.54 Å². The molecule has 9 heteroatoms. The number of benzene rings is 1. The molecule has 0 aliphatic heterocycles. The predicted molar refractivity (Wildman–Crippen MR) is 107 cm³/mol. The average molecular weight is 405 g/mol. The molecule has 0 aliphatic carbocycles. The Balaban J connectivity index is 1.40. The highest BCUT2D eigenvalue weighted by Crippen LogP contribution is 2.21. The molecule has 1 aromatic carbocycles. The zero-order chi connectivity index (χ0) is 19.1. The van der Waals surface area contributed by atoms with Crippen molar-refractivity contribution in [2.24, 2.45) is 0 Å². The fraction of sp³-hybridized carbons (Fsp3) is 0.167. The molecule has 2 amide bonds. The predicted octanol–water partition coefficient (Wildman–Crippen LogP) is 3.49. The third-order valence-corrected chi connectivity index (χ3v) is 4.14. The molecule has 0 unspecified atom stereocenters. The molecule has 0 spiro atoms. The molecular formula is C18H18Cl2N6O. The first-order valence-electron chi connectivity index (χ1n) is 8.27. The second-order valence-corrected chi connectivity index (χ2v) is 6.48. The number of urea groups is 1. The van der Waals surface area contributed by atoms with Crippen molar-refractivity contribution >= 4 is 35.1 Å². The van der Waals surface area contributed by atoms with Crippen molar-refractivity contribution in [3.8, 4) is 5.69 Å². The van der Waals surface area contributed by atoms with E-state index in [2.05, 4.69) is 26.0 Å². The Morgan fingerprint density at radius 1 is 1.11 bits per heavy atom. The van der Waals surface area contributed by atoms with E-state index in [0.717, 1.165) is 11.3 Å². The first kappa shape index (κ1) is 19.0. The van der Waals surface area contributed by atoms with Crippen LogP contribution < -0.4 is 16.0 Å². The molecule has 0 aliphatic rings. The number of hydrogen-bond donors (Lipinski definition) is 3. The van der Waals surface area contributed by atoms with Crippen LogP contribution in [0.3, 0.4) is 0 Å². The summed E-state index contributed by atoms with van der Waals surface area (Å²) in [6, 6.07) is 11.0. The van der Waals surface area contributed by atoms with E-state index >= 15 is 0 Å². The van der Waals surface area contributed by atoms with Crippen LogP contribution in [0.2, 0.25) is 10.0 Å². The second kappa shape index (κ2) is 9.25. The van der Waals surface area contributed by atoms with Gasteiger partial charge in [0, 0.05) is 38.2 Å². The highest BCUT2D eigenvalue weighted by molar-refractivity contribution is 6.35. The zero-order valence-corrected chi connectivity index (χ0v) is 15.8. The Morgan fingerprint density at radius 3 is 2.78 bits per heavy atom. The summed E-state index contributed by atoms with van der Waals surface area (Å²) in [6.45, 7) is 1.31. The van der Waals surface area contributed by atoms with E-state index in [4.69, 9.17) is 23.2 Å². The molecule has 3 aromatic rings. The standard InChI is InChI=1S/C18H18Cl2N6O/c19-14-10-16(20)17(23-12-14)21-6-7-22-18(27)24-11-13-3-1-4-15(9-13)26-8-2-5-25-26/h1-5,8-10,12H,6-7,11H2,(H,21,23)(H2,22,24,27). The molecule has 0 saturated carbocycles. The average Bonchev–Trinajstić information content (AvgIpc) is 3.20. The number of anilines is 1. The van der Waals surface area contributed by atoms with Crippen LogP contribution in [-0.2, 0) is 6.54 Å². The molecule has 2 aromatic heterocycles. The molecule has 7 nitrogen and oxygen atoms in total. The Morgan fingerprint density at radius 2 is 2.00 bits per heavy atom. The summed E-state index contributed by atoms with van der Waals surface area (Å²) in [4.78, 5) is 16.0. The lowest BCUT2D eigenvalue weighted by Gasteiger charge is -2.10. The molecule has 3 N–H and O–H groups in total. The van der Waals surface area contributed by atoms with Crippen molar-refractivity contribution in [3.63, 3.8) is 0 Å². The first-order chi connectivity index (χ1) is 13.1. The SMILES string of the molecule is O=C(NCCNc1ncc(Cl)cc1Cl)NCc1cccc(-n2cccn2)c1. The fourth-order valence-corrected chi connectivity index (χ4v) is 2.82. The largest absolute Gasteiger partial charge is 0.367 e. The Bertz CT molecular complexity index is 901. The summed E-state index contributed by atoms with van der Waals surface area (Å²) in [6.07, 6.45) is 5.10. The number of amides is 2. The van der Waals surface area contributed by atoms with Crippen molar-refractivity contribution < 1.29 is 4.79 Å². The number of carbonyl (C=O) groups excluding carboxylic acids is 1. The van der Waals surface area contributed by atoms with Gasteiger partial charge in [-0.1, -0.05) is 35.3 Å². The second-order valence-electron chi connectivity index (χ2n) is 5.64. The first-order valence-corrected chi connectivity index (χ1v) is 9.03. The van der Waals surface area contributed by atoms with Gasteiger partial charge in [-0.2, -0.15) is 5.10 Å². The summed E-state index contributed by atoms with van der Waals surface area (Å²) in [5.74, 6) is 0.527. The Hall–Kier alpha value is -2.77. The van der Waals surface area contributed by atoms with Crippen molar-refractivity contribution in [1.29, 1.82) is 0 Å². The Kier molecular flexibility index (Phi) is 6.51. The number of hydrogen-bond acceptors (Lipinski definition) is 4. The van der Waals surface area contributed by atoms with Crippen molar-refractivity contribution in [1.82, 2.24) is 25.4 Å². The van der Waals surface area contributed by atoms with Gasteiger partial charge in [-0.25, -0.2) is 14.5 Å². The minimum atomic E-state index is -0.253. The molecular weight excluding hydrogens is 387 g/mol. The smallest absolute Gasteiger partial charge is 0.315 e. The zero-order valence-electron chi connectivity index (χ0n) is 14.3. The normalized spacial score (nSPS) is 10.4. The van der Waals surface area contributed by atoms with E-state index in [-0.39, 0.29) is 6.03 Å². The summed E-state index contributed by atoms with van der Waals surface area (Å²) in [5, 5.41) is 13.7. The maximum absolute atomic E-state index is 11.9. The van der Waals surface area contributed by atoms with Gasteiger partial charge in [0.15, 0.2) is 0 Å². The lowest BCUT2D eigenvalue weighted by Crippen LogP contribution is -2.37. The summed E-state index contributed by atoms with van der Waals surface area (Å²) in [7, 11) is 0. The van der Waals surface area contributed by atoms with Crippen molar-refractivity contribution in [2.75, 3.05) is 18.4 Å². The van der Waals surface area contributed by atoms with E-state index in [0.29, 0.717) is 35.5 Å². The third-order valence-electron chi connectivity index (χ3n) is 3.64. The number of nitrogens with one attached hydrogen (secondary N) is 3. The summed E-state index contributed by atoms with van der Waals surface area (Å²) >= 11 is 11.8. The van der Waals surface area contributed by atoms with Gasteiger partial charge in [-0.05, 0) is 29.8 Å². The molecule has 2 heterocycles. The number of carbonyl (C=O) groups is 1. The minimum absolute atomic E-state index is 0.253. The van der Waals surface area contributed by atoms with Crippen LogP contribution in [0.5, 0.6) is 0 Å². The molecule has 0 atom stereocenters. The van der Waals surface area contributed by atoms with Crippen molar-refractivity contribution in [3.05, 3.63) is 70.6 Å². The lowest BCUT2D eigenvalue weighted by molar-refractivity contribution is 0.241. The van der Waals surface area contributed by atoms with Crippen LogP contribution in [0.4, 0.5) is 10.6 Å². The lowest BCUT2D eigenvalue weighted by atomic mass is 10.2. The van der Waals surface area contributed by atoms with E-state index < -0.39 is 0 Å². The van der Waals surface area contributed by atoms with E-state index in [9.17, 15) is 4.79 Å². The van der Waals surface area contributed by atoms with E-state index in [1.807, 2.05) is 36.5 Å².